The zero-order valence-electron chi connectivity index (χ0n) is 19.7. The van der Waals surface area contributed by atoms with Crippen LogP contribution >= 0.6 is 0 Å². The molecule has 4 rings (SSSR count). The standard InChI is InChI=1S/C26H33N5O3/c1-2-3-10-23(32)31(18-26(25(33)34)15-6-7-16-26)17-19-11-13-20(14-12-19)21-8-4-5-9-22(21)24-27-29-30-28-24/h4-5,8-9,11-14,23,32H,2-3,6-7,10,15-18H2,1H3,(H,33,34)(H,27,28,29,30). The van der Waals surface area contributed by atoms with Crippen molar-refractivity contribution in [2.24, 2.45) is 5.41 Å². The van der Waals surface area contributed by atoms with Gasteiger partial charge in [0, 0.05) is 18.7 Å². The molecule has 1 saturated carbocycles. The first kappa shape index (κ1) is 24.0. The van der Waals surface area contributed by atoms with Gasteiger partial charge >= 0.3 is 5.97 Å². The third-order valence-electron chi connectivity index (χ3n) is 6.92. The fourth-order valence-corrected chi connectivity index (χ4v) is 4.95. The quantitative estimate of drug-likeness (QED) is 0.359. The van der Waals surface area contributed by atoms with Gasteiger partial charge in [0.25, 0.3) is 0 Å². The molecule has 0 radical (unpaired) electrons. The Labute approximate surface area is 200 Å². The Kier molecular flexibility index (Phi) is 7.70. The number of rotatable bonds is 11. The number of nitrogens with zero attached hydrogens (tertiary/aromatic N) is 4. The summed E-state index contributed by atoms with van der Waals surface area (Å²) in [5.74, 6) is -0.202. The normalized spacial score (nSPS) is 16.1. The van der Waals surface area contributed by atoms with Crippen LogP contribution in [0.3, 0.4) is 0 Å². The van der Waals surface area contributed by atoms with Crippen LogP contribution in [0.25, 0.3) is 22.5 Å². The molecule has 1 unspecified atom stereocenters. The second-order valence-corrected chi connectivity index (χ2v) is 9.30. The number of carboxylic acids is 1. The fourth-order valence-electron chi connectivity index (χ4n) is 4.95. The van der Waals surface area contributed by atoms with Gasteiger partial charge in [-0.3, -0.25) is 9.69 Å². The lowest BCUT2D eigenvalue weighted by Gasteiger charge is -2.35. The highest BCUT2D eigenvalue weighted by Crippen LogP contribution is 2.40. The average molecular weight is 464 g/mol. The van der Waals surface area contributed by atoms with Crippen LogP contribution in [-0.4, -0.2) is 54.5 Å². The van der Waals surface area contributed by atoms with E-state index in [4.69, 9.17) is 0 Å². The molecule has 1 fully saturated rings. The second kappa shape index (κ2) is 10.9. The number of benzene rings is 2. The van der Waals surface area contributed by atoms with Gasteiger partial charge in [-0.15, -0.1) is 10.2 Å². The zero-order chi connectivity index (χ0) is 24.0. The van der Waals surface area contributed by atoms with E-state index >= 15 is 0 Å². The second-order valence-electron chi connectivity index (χ2n) is 9.30. The predicted octanol–water partition coefficient (Wildman–Crippen LogP) is 4.49. The summed E-state index contributed by atoms with van der Waals surface area (Å²) in [5.41, 5.74) is 3.20. The topological polar surface area (TPSA) is 115 Å². The van der Waals surface area contributed by atoms with Crippen molar-refractivity contribution in [3.05, 3.63) is 54.1 Å². The van der Waals surface area contributed by atoms with Crippen molar-refractivity contribution in [3.63, 3.8) is 0 Å². The molecule has 3 N–H and O–H groups in total. The predicted molar refractivity (Wildman–Crippen MR) is 130 cm³/mol. The van der Waals surface area contributed by atoms with Gasteiger partial charge in [-0.2, -0.15) is 5.21 Å². The van der Waals surface area contributed by atoms with Crippen LogP contribution in [0.4, 0.5) is 0 Å². The highest BCUT2D eigenvalue weighted by Gasteiger charge is 2.43. The Morgan fingerprint density at radius 1 is 1.12 bits per heavy atom. The molecule has 1 aromatic heterocycles. The van der Waals surface area contributed by atoms with Crippen molar-refractivity contribution < 1.29 is 15.0 Å². The van der Waals surface area contributed by atoms with Crippen LogP contribution in [0.2, 0.25) is 0 Å². The van der Waals surface area contributed by atoms with E-state index in [-0.39, 0.29) is 0 Å². The van der Waals surface area contributed by atoms with Crippen molar-refractivity contribution in [2.75, 3.05) is 6.54 Å². The number of hydrogen-bond acceptors (Lipinski definition) is 6. The van der Waals surface area contributed by atoms with Gasteiger partial charge in [0.05, 0.1) is 5.41 Å². The van der Waals surface area contributed by atoms with E-state index in [1.54, 1.807) is 0 Å². The van der Waals surface area contributed by atoms with Crippen LogP contribution in [0.5, 0.6) is 0 Å². The molecular weight excluding hydrogens is 430 g/mol. The summed E-state index contributed by atoms with van der Waals surface area (Å²) in [6.45, 7) is 2.97. The molecule has 1 heterocycles. The van der Waals surface area contributed by atoms with E-state index in [9.17, 15) is 15.0 Å². The first-order chi connectivity index (χ1) is 16.5. The largest absolute Gasteiger partial charge is 0.481 e. The Hall–Kier alpha value is -3.10. The lowest BCUT2D eigenvalue weighted by molar-refractivity contribution is -0.152. The highest BCUT2D eigenvalue weighted by atomic mass is 16.4. The van der Waals surface area contributed by atoms with Gasteiger partial charge in [0.15, 0.2) is 0 Å². The number of aromatic amines is 1. The smallest absolute Gasteiger partial charge is 0.310 e. The Bertz CT molecular complexity index is 1060. The number of unbranched alkanes of at least 4 members (excludes halogenated alkanes) is 1. The molecule has 8 nitrogen and oxygen atoms in total. The third kappa shape index (κ3) is 5.34. The molecule has 1 aliphatic rings. The van der Waals surface area contributed by atoms with Crippen molar-refractivity contribution in [1.29, 1.82) is 0 Å². The number of aromatic nitrogens is 4. The van der Waals surface area contributed by atoms with Crippen molar-refractivity contribution >= 4 is 5.97 Å². The van der Waals surface area contributed by atoms with Crippen molar-refractivity contribution in [2.45, 2.75) is 64.6 Å². The lowest BCUT2D eigenvalue weighted by atomic mass is 9.85. The SMILES string of the molecule is CCCCC(O)N(Cc1ccc(-c2ccccc2-c2nn[nH]n2)cc1)CC1(C(=O)O)CCCC1. The summed E-state index contributed by atoms with van der Waals surface area (Å²) in [4.78, 5) is 14.1. The van der Waals surface area contributed by atoms with E-state index in [0.29, 0.717) is 38.2 Å². The number of tetrazole rings is 1. The third-order valence-corrected chi connectivity index (χ3v) is 6.92. The number of carbonyl (C=O) groups is 1. The fraction of sp³-hybridized carbons (Fsp3) is 0.462. The van der Waals surface area contributed by atoms with Gasteiger partial charge in [-0.05, 0) is 47.6 Å². The minimum absolute atomic E-state index is 0.371. The van der Waals surface area contributed by atoms with Gasteiger partial charge in [0.1, 0.15) is 6.23 Å². The molecule has 0 aliphatic heterocycles. The summed E-state index contributed by atoms with van der Waals surface area (Å²) < 4.78 is 0. The van der Waals surface area contributed by atoms with Crippen LogP contribution in [0.15, 0.2) is 48.5 Å². The van der Waals surface area contributed by atoms with E-state index in [0.717, 1.165) is 47.9 Å². The lowest BCUT2D eigenvalue weighted by Crippen LogP contribution is -2.45. The van der Waals surface area contributed by atoms with Gasteiger partial charge < -0.3 is 10.2 Å². The van der Waals surface area contributed by atoms with Crippen LogP contribution in [0.1, 0.15) is 57.4 Å². The van der Waals surface area contributed by atoms with Crippen molar-refractivity contribution in [3.8, 4) is 22.5 Å². The van der Waals surface area contributed by atoms with E-state index in [1.165, 1.54) is 0 Å². The maximum absolute atomic E-state index is 12.2. The summed E-state index contributed by atoms with van der Waals surface area (Å²) in [6, 6.07) is 16.1. The van der Waals surface area contributed by atoms with Gasteiger partial charge in [-0.1, -0.05) is 74.7 Å². The number of carboxylic acid groups (broad SMARTS) is 1. The molecule has 2 aromatic carbocycles. The van der Waals surface area contributed by atoms with E-state index < -0.39 is 17.6 Å². The summed E-state index contributed by atoms with van der Waals surface area (Å²) in [7, 11) is 0. The van der Waals surface area contributed by atoms with Crippen LogP contribution in [-0.2, 0) is 11.3 Å². The molecule has 0 bridgehead atoms. The van der Waals surface area contributed by atoms with E-state index in [1.807, 2.05) is 53.4 Å². The molecular formula is C26H33N5O3. The molecule has 3 aromatic rings. The molecule has 1 aliphatic carbocycles. The molecule has 0 amide bonds. The zero-order valence-corrected chi connectivity index (χ0v) is 19.7. The number of H-pyrrole nitrogens is 1. The number of nitrogens with one attached hydrogen (secondary N) is 1. The highest BCUT2D eigenvalue weighted by molar-refractivity contribution is 5.80. The molecule has 0 spiro atoms. The summed E-state index contributed by atoms with van der Waals surface area (Å²) in [6.07, 6.45) is 5.08. The van der Waals surface area contributed by atoms with Gasteiger partial charge in [-0.25, -0.2) is 0 Å². The summed E-state index contributed by atoms with van der Waals surface area (Å²) in [5, 5.41) is 35.3. The monoisotopic (exact) mass is 463 g/mol. The first-order valence-corrected chi connectivity index (χ1v) is 12.1. The average Bonchev–Trinajstić information content (AvgIpc) is 3.56. The number of hydrogen-bond donors (Lipinski definition) is 3. The molecule has 8 heteroatoms. The first-order valence-electron chi connectivity index (χ1n) is 12.1. The molecule has 0 saturated heterocycles. The Morgan fingerprint density at radius 3 is 2.44 bits per heavy atom. The maximum atomic E-state index is 12.2. The van der Waals surface area contributed by atoms with Crippen LogP contribution < -0.4 is 0 Å². The molecule has 1 atom stereocenters. The van der Waals surface area contributed by atoms with E-state index in [2.05, 4.69) is 27.5 Å². The minimum atomic E-state index is -0.767. The Balaban J connectivity index is 1.55. The number of aliphatic hydroxyl groups excluding tert-OH is 1. The summed E-state index contributed by atoms with van der Waals surface area (Å²) >= 11 is 0. The minimum Gasteiger partial charge on any atom is -0.481 e. The van der Waals surface area contributed by atoms with Crippen LogP contribution in [0, 0.1) is 5.41 Å². The van der Waals surface area contributed by atoms with Crippen molar-refractivity contribution in [1.82, 2.24) is 25.5 Å². The number of aliphatic hydroxyl groups is 1. The number of aliphatic carboxylic acids is 1. The molecule has 34 heavy (non-hydrogen) atoms. The molecule has 180 valence electrons. The Morgan fingerprint density at radius 2 is 1.82 bits per heavy atom. The maximum Gasteiger partial charge on any atom is 0.310 e. The van der Waals surface area contributed by atoms with Gasteiger partial charge in [0.2, 0.25) is 5.82 Å².